The van der Waals surface area contributed by atoms with Crippen molar-refractivity contribution < 1.29 is 4.79 Å². The van der Waals surface area contributed by atoms with Gasteiger partial charge in [0.1, 0.15) is 5.69 Å². The highest BCUT2D eigenvalue weighted by molar-refractivity contribution is 7.96. The fraction of sp³-hybridized carbons (Fsp3) is 0.545. The zero-order valence-corrected chi connectivity index (χ0v) is 10.9. The lowest BCUT2D eigenvalue weighted by Gasteiger charge is -2.22. The molecular weight excluding hydrogens is 250 g/mol. The van der Waals surface area contributed by atoms with Crippen molar-refractivity contribution in [1.82, 2.24) is 20.2 Å². The molecule has 1 aliphatic carbocycles. The highest BCUT2D eigenvalue weighted by atomic mass is 32.2. The Kier molecular flexibility index (Phi) is 5.07. The second-order valence-corrected chi connectivity index (χ2v) is 4.83. The summed E-state index contributed by atoms with van der Waals surface area (Å²) in [6, 6.07) is 1.94. The van der Waals surface area contributed by atoms with Gasteiger partial charge in [-0.3, -0.25) is 9.82 Å². The summed E-state index contributed by atoms with van der Waals surface area (Å²) in [5, 5.41) is 9.54. The SMILES string of the molecule is O=C(NS/N=C\c1cc[nH]n1)NC1CCCCC1. The molecule has 0 bridgehead atoms. The van der Waals surface area contributed by atoms with E-state index in [2.05, 4.69) is 24.6 Å². The predicted octanol–water partition coefficient (Wildman–Crippen LogP) is 2.02. The third-order valence-electron chi connectivity index (χ3n) is 2.84. The van der Waals surface area contributed by atoms with Crippen LogP contribution in [-0.4, -0.2) is 28.5 Å². The number of aromatic nitrogens is 2. The molecule has 7 heteroatoms. The molecule has 0 radical (unpaired) electrons. The van der Waals surface area contributed by atoms with Gasteiger partial charge in [0.25, 0.3) is 0 Å². The molecule has 0 aliphatic heterocycles. The van der Waals surface area contributed by atoms with Gasteiger partial charge >= 0.3 is 6.03 Å². The van der Waals surface area contributed by atoms with E-state index in [-0.39, 0.29) is 6.03 Å². The van der Waals surface area contributed by atoms with Gasteiger partial charge in [-0.15, -0.1) is 0 Å². The fourth-order valence-electron chi connectivity index (χ4n) is 1.95. The Morgan fingerprint density at radius 3 is 3.06 bits per heavy atom. The van der Waals surface area contributed by atoms with Gasteiger partial charge < -0.3 is 5.32 Å². The Hall–Kier alpha value is -1.50. The predicted molar refractivity (Wildman–Crippen MR) is 72.3 cm³/mol. The number of carbonyl (C=O) groups excluding carboxylic acids is 1. The fourth-order valence-corrected chi connectivity index (χ4v) is 2.31. The standard InChI is InChI=1S/C11H17N5OS/c17-11(14-9-4-2-1-3-5-9)16-18-13-8-10-6-7-12-15-10/h6-9H,1-5H2,(H,12,15)(H2,14,16,17)/b13-8-. The first-order valence-corrected chi connectivity index (χ1v) is 6.87. The lowest BCUT2D eigenvalue weighted by Crippen LogP contribution is -2.40. The molecule has 1 aromatic rings. The number of aromatic amines is 1. The Balaban J connectivity index is 1.62. The van der Waals surface area contributed by atoms with Gasteiger partial charge in [0, 0.05) is 12.2 Å². The molecule has 1 aromatic heterocycles. The Morgan fingerprint density at radius 2 is 2.33 bits per heavy atom. The van der Waals surface area contributed by atoms with Gasteiger partial charge in [-0.1, -0.05) is 19.3 Å². The quantitative estimate of drug-likeness (QED) is 0.576. The minimum atomic E-state index is -0.175. The van der Waals surface area contributed by atoms with E-state index in [9.17, 15) is 4.79 Å². The van der Waals surface area contributed by atoms with Crippen LogP contribution in [0.3, 0.4) is 0 Å². The van der Waals surface area contributed by atoms with Crippen molar-refractivity contribution in [2.75, 3.05) is 0 Å². The van der Waals surface area contributed by atoms with E-state index in [0.717, 1.165) is 30.7 Å². The van der Waals surface area contributed by atoms with Crippen LogP contribution in [0, 0.1) is 0 Å². The molecule has 0 spiro atoms. The molecule has 3 N–H and O–H groups in total. The summed E-state index contributed by atoms with van der Waals surface area (Å²) in [7, 11) is 0. The van der Waals surface area contributed by atoms with Crippen LogP contribution in [0.15, 0.2) is 16.7 Å². The van der Waals surface area contributed by atoms with Crippen molar-refractivity contribution >= 4 is 24.4 Å². The van der Waals surface area contributed by atoms with E-state index in [0.29, 0.717) is 6.04 Å². The number of nitrogens with one attached hydrogen (secondary N) is 3. The Morgan fingerprint density at radius 1 is 1.50 bits per heavy atom. The van der Waals surface area contributed by atoms with E-state index in [1.807, 2.05) is 0 Å². The van der Waals surface area contributed by atoms with E-state index < -0.39 is 0 Å². The molecule has 0 unspecified atom stereocenters. The first-order valence-electron chi connectivity index (χ1n) is 6.10. The number of carbonyl (C=O) groups is 1. The molecule has 2 amide bonds. The first-order chi connectivity index (χ1) is 8.84. The summed E-state index contributed by atoms with van der Waals surface area (Å²) >= 11 is 1.00. The number of H-pyrrole nitrogens is 1. The van der Waals surface area contributed by atoms with Crippen molar-refractivity contribution in [2.45, 2.75) is 38.1 Å². The summed E-state index contributed by atoms with van der Waals surface area (Å²) in [5.41, 5.74) is 0.733. The van der Waals surface area contributed by atoms with Crippen LogP contribution in [0.2, 0.25) is 0 Å². The van der Waals surface area contributed by atoms with E-state index in [4.69, 9.17) is 0 Å². The van der Waals surface area contributed by atoms with Crippen molar-refractivity contribution in [3.63, 3.8) is 0 Å². The lowest BCUT2D eigenvalue weighted by atomic mass is 9.96. The number of nitrogens with zero attached hydrogens (tertiary/aromatic N) is 2. The van der Waals surface area contributed by atoms with Crippen molar-refractivity contribution in [3.8, 4) is 0 Å². The third-order valence-corrected chi connectivity index (χ3v) is 3.33. The smallest absolute Gasteiger partial charge is 0.326 e. The topological polar surface area (TPSA) is 82.2 Å². The van der Waals surface area contributed by atoms with Gasteiger partial charge in [-0.25, -0.2) is 9.19 Å². The van der Waals surface area contributed by atoms with Gasteiger partial charge in [0.15, 0.2) is 0 Å². The minimum absolute atomic E-state index is 0.175. The average molecular weight is 267 g/mol. The molecule has 1 heterocycles. The Bertz CT molecular complexity index is 386. The van der Waals surface area contributed by atoms with Crippen LogP contribution in [0.25, 0.3) is 0 Å². The lowest BCUT2D eigenvalue weighted by molar-refractivity contribution is 0.238. The second-order valence-electron chi connectivity index (χ2n) is 4.24. The molecule has 2 rings (SSSR count). The van der Waals surface area contributed by atoms with Gasteiger partial charge in [0.05, 0.1) is 18.3 Å². The second kappa shape index (κ2) is 7.05. The average Bonchev–Trinajstić information content (AvgIpc) is 2.89. The highest BCUT2D eigenvalue weighted by Crippen LogP contribution is 2.17. The van der Waals surface area contributed by atoms with Crippen molar-refractivity contribution in [3.05, 3.63) is 18.0 Å². The molecule has 1 aliphatic rings. The number of rotatable bonds is 4. The zero-order valence-electron chi connectivity index (χ0n) is 10.1. The number of urea groups is 1. The van der Waals surface area contributed by atoms with Crippen LogP contribution < -0.4 is 10.0 Å². The maximum absolute atomic E-state index is 11.5. The van der Waals surface area contributed by atoms with E-state index in [1.54, 1.807) is 18.5 Å². The van der Waals surface area contributed by atoms with Crippen LogP contribution in [0.1, 0.15) is 37.8 Å². The normalized spacial score (nSPS) is 16.9. The summed E-state index contributed by atoms with van der Waals surface area (Å²) in [5.74, 6) is 0. The monoisotopic (exact) mass is 267 g/mol. The highest BCUT2D eigenvalue weighted by Gasteiger charge is 2.15. The molecule has 0 saturated heterocycles. The molecule has 1 saturated carbocycles. The molecule has 0 aromatic carbocycles. The number of amides is 2. The van der Waals surface area contributed by atoms with Crippen LogP contribution >= 0.6 is 12.1 Å². The first kappa shape index (κ1) is 12.9. The maximum Gasteiger partial charge on any atom is 0.326 e. The van der Waals surface area contributed by atoms with Gasteiger partial charge in [0.2, 0.25) is 0 Å². The zero-order chi connectivity index (χ0) is 12.6. The summed E-state index contributed by atoms with van der Waals surface area (Å²) in [6.07, 6.45) is 9.15. The molecule has 0 atom stereocenters. The summed E-state index contributed by atoms with van der Waals surface area (Å²) < 4.78 is 6.61. The van der Waals surface area contributed by atoms with E-state index in [1.165, 1.54) is 19.3 Å². The summed E-state index contributed by atoms with van der Waals surface area (Å²) in [6.45, 7) is 0. The van der Waals surface area contributed by atoms with Crippen LogP contribution in [-0.2, 0) is 0 Å². The maximum atomic E-state index is 11.5. The van der Waals surface area contributed by atoms with Gasteiger partial charge in [-0.05, 0) is 18.9 Å². The molecular formula is C11H17N5OS. The largest absolute Gasteiger partial charge is 0.335 e. The van der Waals surface area contributed by atoms with Crippen molar-refractivity contribution in [2.24, 2.45) is 4.40 Å². The molecule has 1 fully saturated rings. The number of hydrogen-bond acceptors (Lipinski definition) is 4. The van der Waals surface area contributed by atoms with Crippen LogP contribution in [0.5, 0.6) is 0 Å². The third kappa shape index (κ3) is 4.40. The summed E-state index contributed by atoms with van der Waals surface area (Å²) in [4.78, 5) is 11.5. The van der Waals surface area contributed by atoms with Crippen LogP contribution in [0.4, 0.5) is 4.79 Å². The van der Waals surface area contributed by atoms with E-state index >= 15 is 0 Å². The van der Waals surface area contributed by atoms with Crippen molar-refractivity contribution in [1.29, 1.82) is 0 Å². The molecule has 6 nitrogen and oxygen atoms in total. The minimum Gasteiger partial charge on any atom is -0.335 e. The Labute approximate surface area is 110 Å². The van der Waals surface area contributed by atoms with Gasteiger partial charge in [-0.2, -0.15) is 5.10 Å². The number of hydrogen-bond donors (Lipinski definition) is 3. The molecule has 18 heavy (non-hydrogen) atoms. The molecule has 98 valence electrons.